The molecule has 7 nitrogen and oxygen atoms in total. The third-order valence-corrected chi connectivity index (χ3v) is 5.76. The number of carbonyl (C=O) groups is 1. The number of hydrogen-bond donors (Lipinski definition) is 1. The molecule has 1 spiro atoms. The number of halogens is 1. The Balaban J connectivity index is 1.51. The molecule has 148 valence electrons. The van der Waals surface area contributed by atoms with Gasteiger partial charge in [0.15, 0.2) is 11.6 Å². The molecule has 0 bridgehead atoms. The first-order valence-electron chi connectivity index (χ1n) is 9.70. The van der Waals surface area contributed by atoms with Crippen molar-refractivity contribution in [3.8, 4) is 0 Å². The molecule has 0 aromatic carbocycles. The summed E-state index contributed by atoms with van der Waals surface area (Å²) in [6, 6.07) is 3.90. The Kier molecular flexibility index (Phi) is 5.11. The number of likely N-dealkylation sites (tertiary alicyclic amines) is 1. The minimum atomic E-state index is -0.455. The standard InChI is InChI=1S/C20H25FN6O/c1-22-18-16(21)11-24-19(25-18)26-9-3-6-20(13-26)7-5-17(28)27(14-20)12-15-4-2-8-23-10-15/h2,4,8,10-11H,3,5-7,9,12-14H2,1H3,(H,22,24,25). The van der Waals surface area contributed by atoms with Crippen LogP contribution in [0.5, 0.6) is 0 Å². The first kappa shape index (κ1) is 18.6. The van der Waals surface area contributed by atoms with Crippen molar-refractivity contribution in [1.29, 1.82) is 0 Å². The van der Waals surface area contributed by atoms with Crippen LogP contribution in [0.25, 0.3) is 0 Å². The second kappa shape index (κ2) is 7.69. The third-order valence-electron chi connectivity index (χ3n) is 5.76. The van der Waals surface area contributed by atoms with Gasteiger partial charge in [0.1, 0.15) is 0 Å². The number of aromatic nitrogens is 3. The van der Waals surface area contributed by atoms with Gasteiger partial charge < -0.3 is 15.1 Å². The molecule has 1 unspecified atom stereocenters. The van der Waals surface area contributed by atoms with E-state index in [0.717, 1.165) is 44.5 Å². The number of carbonyl (C=O) groups excluding carboxylic acids is 1. The lowest BCUT2D eigenvalue weighted by Crippen LogP contribution is -2.54. The van der Waals surface area contributed by atoms with E-state index in [4.69, 9.17) is 0 Å². The zero-order chi connectivity index (χ0) is 19.6. The Hall–Kier alpha value is -2.77. The van der Waals surface area contributed by atoms with Crippen LogP contribution in [0.15, 0.2) is 30.7 Å². The van der Waals surface area contributed by atoms with E-state index in [-0.39, 0.29) is 17.1 Å². The number of amides is 1. The van der Waals surface area contributed by atoms with Crippen molar-refractivity contribution in [3.63, 3.8) is 0 Å². The molecule has 1 atom stereocenters. The fourth-order valence-electron chi connectivity index (χ4n) is 4.36. The normalized spacial score (nSPS) is 22.6. The largest absolute Gasteiger partial charge is 0.371 e. The van der Waals surface area contributed by atoms with Gasteiger partial charge in [-0.15, -0.1) is 0 Å². The Morgan fingerprint density at radius 2 is 2.18 bits per heavy atom. The topological polar surface area (TPSA) is 74.2 Å². The molecular weight excluding hydrogens is 359 g/mol. The van der Waals surface area contributed by atoms with Crippen LogP contribution in [0.2, 0.25) is 0 Å². The van der Waals surface area contributed by atoms with Crippen molar-refractivity contribution < 1.29 is 9.18 Å². The van der Waals surface area contributed by atoms with E-state index in [1.54, 1.807) is 13.2 Å². The van der Waals surface area contributed by atoms with E-state index in [1.807, 2.05) is 23.2 Å². The molecule has 1 N–H and O–H groups in total. The molecule has 2 aromatic rings. The predicted octanol–water partition coefficient (Wildman–Crippen LogP) is 2.46. The van der Waals surface area contributed by atoms with Gasteiger partial charge >= 0.3 is 0 Å². The summed E-state index contributed by atoms with van der Waals surface area (Å²) < 4.78 is 13.7. The number of hydrogen-bond acceptors (Lipinski definition) is 6. The molecule has 2 saturated heterocycles. The average molecular weight is 384 g/mol. The molecule has 2 fully saturated rings. The molecular formula is C20H25FN6O. The molecule has 2 aliphatic heterocycles. The van der Waals surface area contributed by atoms with Crippen LogP contribution in [0.4, 0.5) is 16.2 Å². The maximum atomic E-state index is 13.7. The highest BCUT2D eigenvalue weighted by Crippen LogP contribution is 2.40. The third kappa shape index (κ3) is 3.76. The summed E-state index contributed by atoms with van der Waals surface area (Å²) in [5, 5.41) is 2.77. The maximum absolute atomic E-state index is 13.7. The Morgan fingerprint density at radius 1 is 1.29 bits per heavy atom. The second-order valence-corrected chi connectivity index (χ2v) is 7.75. The van der Waals surface area contributed by atoms with Gasteiger partial charge in [0, 0.05) is 57.5 Å². The van der Waals surface area contributed by atoms with Gasteiger partial charge in [0.05, 0.1) is 6.20 Å². The summed E-state index contributed by atoms with van der Waals surface area (Å²) in [5.74, 6) is 0.494. The van der Waals surface area contributed by atoms with Gasteiger partial charge in [-0.3, -0.25) is 9.78 Å². The second-order valence-electron chi connectivity index (χ2n) is 7.75. The molecule has 0 saturated carbocycles. The smallest absolute Gasteiger partial charge is 0.227 e. The highest BCUT2D eigenvalue weighted by Gasteiger charge is 2.42. The molecule has 2 aliphatic rings. The van der Waals surface area contributed by atoms with E-state index in [1.165, 1.54) is 6.20 Å². The number of anilines is 2. The molecule has 1 amide bonds. The number of rotatable bonds is 4. The number of pyridine rings is 1. The molecule has 28 heavy (non-hydrogen) atoms. The van der Waals surface area contributed by atoms with Crippen LogP contribution < -0.4 is 10.2 Å². The van der Waals surface area contributed by atoms with E-state index in [0.29, 0.717) is 18.9 Å². The van der Waals surface area contributed by atoms with Crippen molar-refractivity contribution >= 4 is 17.7 Å². The first-order chi connectivity index (χ1) is 13.6. The van der Waals surface area contributed by atoms with E-state index in [9.17, 15) is 9.18 Å². The van der Waals surface area contributed by atoms with Crippen LogP contribution in [-0.4, -0.2) is 52.4 Å². The van der Waals surface area contributed by atoms with E-state index < -0.39 is 5.82 Å². The van der Waals surface area contributed by atoms with Crippen molar-refractivity contribution in [2.24, 2.45) is 5.41 Å². The first-order valence-corrected chi connectivity index (χ1v) is 9.70. The lowest BCUT2D eigenvalue weighted by atomic mass is 9.73. The zero-order valence-corrected chi connectivity index (χ0v) is 16.1. The highest BCUT2D eigenvalue weighted by molar-refractivity contribution is 5.77. The van der Waals surface area contributed by atoms with Crippen LogP contribution in [-0.2, 0) is 11.3 Å². The van der Waals surface area contributed by atoms with Crippen LogP contribution in [0.1, 0.15) is 31.2 Å². The van der Waals surface area contributed by atoms with Crippen LogP contribution >= 0.6 is 0 Å². The number of piperidine rings is 2. The lowest BCUT2D eigenvalue weighted by Gasteiger charge is -2.48. The van der Waals surface area contributed by atoms with Gasteiger partial charge in [-0.05, 0) is 30.9 Å². The average Bonchev–Trinajstić information content (AvgIpc) is 2.72. The van der Waals surface area contributed by atoms with E-state index in [2.05, 4.69) is 25.2 Å². The van der Waals surface area contributed by atoms with Gasteiger partial charge in [0.2, 0.25) is 11.9 Å². The molecule has 0 radical (unpaired) electrons. The monoisotopic (exact) mass is 384 g/mol. The summed E-state index contributed by atoms with van der Waals surface area (Å²) >= 11 is 0. The summed E-state index contributed by atoms with van der Waals surface area (Å²) in [4.78, 5) is 29.3. The molecule has 4 heterocycles. The molecule has 0 aliphatic carbocycles. The Bertz CT molecular complexity index is 848. The van der Waals surface area contributed by atoms with Gasteiger partial charge in [-0.1, -0.05) is 6.07 Å². The van der Waals surface area contributed by atoms with Crippen LogP contribution in [0, 0.1) is 11.2 Å². The summed E-state index contributed by atoms with van der Waals surface area (Å²) in [7, 11) is 1.65. The molecule has 2 aromatic heterocycles. The summed E-state index contributed by atoms with van der Waals surface area (Å²) in [6.45, 7) is 2.92. The Labute approximate surface area is 164 Å². The SMILES string of the molecule is CNc1nc(N2CCCC3(CCC(=O)N(Cc4cccnc4)C3)C2)ncc1F. The van der Waals surface area contributed by atoms with E-state index >= 15 is 0 Å². The van der Waals surface area contributed by atoms with Crippen molar-refractivity contribution in [2.45, 2.75) is 32.2 Å². The van der Waals surface area contributed by atoms with Gasteiger partial charge in [-0.25, -0.2) is 9.37 Å². The van der Waals surface area contributed by atoms with Gasteiger partial charge in [-0.2, -0.15) is 4.98 Å². The fraction of sp³-hybridized carbons (Fsp3) is 0.500. The molecule has 8 heteroatoms. The quantitative estimate of drug-likeness (QED) is 0.873. The van der Waals surface area contributed by atoms with Crippen LogP contribution in [0.3, 0.4) is 0 Å². The summed E-state index contributed by atoms with van der Waals surface area (Å²) in [6.07, 6.45) is 8.27. The predicted molar refractivity (Wildman–Crippen MR) is 104 cm³/mol. The van der Waals surface area contributed by atoms with Crippen molar-refractivity contribution in [2.75, 3.05) is 36.9 Å². The Morgan fingerprint density at radius 3 is 2.96 bits per heavy atom. The summed E-state index contributed by atoms with van der Waals surface area (Å²) in [5.41, 5.74) is 1.06. The minimum absolute atomic E-state index is 0.0198. The lowest BCUT2D eigenvalue weighted by molar-refractivity contribution is -0.138. The van der Waals surface area contributed by atoms with Crippen molar-refractivity contribution in [3.05, 3.63) is 42.1 Å². The number of nitrogens with zero attached hydrogens (tertiary/aromatic N) is 5. The maximum Gasteiger partial charge on any atom is 0.227 e. The zero-order valence-electron chi connectivity index (χ0n) is 16.1. The minimum Gasteiger partial charge on any atom is -0.371 e. The van der Waals surface area contributed by atoms with Gasteiger partial charge in [0.25, 0.3) is 0 Å². The molecule has 4 rings (SSSR count). The van der Waals surface area contributed by atoms with Crippen molar-refractivity contribution in [1.82, 2.24) is 19.9 Å². The highest BCUT2D eigenvalue weighted by atomic mass is 19.1. The fourth-order valence-corrected chi connectivity index (χ4v) is 4.36. The number of nitrogens with one attached hydrogen (secondary N) is 1.